The molecule has 0 aliphatic heterocycles. The average Bonchev–Trinajstić information content (AvgIpc) is 3.15. The van der Waals surface area contributed by atoms with Gasteiger partial charge >= 0.3 is 0 Å². The molecule has 156 valence electrons. The molecule has 0 heterocycles. The summed E-state index contributed by atoms with van der Waals surface area (Å²) in [5, 5.41) is -0.0940. The van der Waals surface area contributed by atoms with E-state index < -0.39 is 54.7 Å². The molecule has 0 radical (unpaired) electrons. The maximum Gasteiger partial charge on any atom is 0.186 e. The summed E-state index contributed by atoms with van der Waals surface area (Å²) in [6.45, 7) is 0. The summed E-state index contributed by atoms with van der Waals surface area (Å²) < 4.78 is 0. The van der Waals surface area contributed by atoms with Gasteiger partial charge < -0.3 is 0 Å². The number of alkyl halides is 4. The van der Waals surface area contributed by atoms with Crippen molar-refractivity contribution in [2.75, 3.05) is 0 Å². The highest BCUT2D eigenvalue weighted by atomic mass is 35.5. The Labute approximate surface area is 211 Å². The number of carbonyl (C=O) groups is 2. The number of allylic oxidation sites excluding steroid dienone is 4. The van der Waals surface area contributed by atoms with E-state index in [2.05, 4.69) is 0 Å². The highest BCUT2D eigenvalue weighted by molar-refractivity contribution is 6.65. The summed E-state index contributed by atoms with van der Waals surface area (Å²) in [6.07, 6.45) is 0. The number of carbonyl (C=O) groups excluding carboxylic acids is 2. The molecule has 2 fully saturated rings. The number of fused-ring (bicyclic) bond motifs is 14. The van der Waals surface area contributed by atoms with Crippen LogP contribution in [0.4, 0.5) is 0 Å². The van der Waals surface area contributed by atoms with Gasteiger partial charge in [0.15, 0.2) is 11.6 Å². The van der Waals surface area contributed by atoms with Crippen LogP contribution in [0.15, 0.2) is 44.4 Å². The van der Waals surface area contributed by atoms with Crippen LogP contribution in [0.25, 0.3) is 0 Å². The summed E-state index contributed by atoms with van der Waals surface area (Å²) >= 11 is 53.6. The first-order valence-electron chi connectivity index (χ1n) is 8.98. The molecule has 4 bridgehead atoms. The number of halogens is 8. The predicted octanol–water partition coefficient (Wildman–Crippen LogP) is 6.58. The van der Waals surface area contributed by atoms with E-state index in [1.54, 1.807) is 0 Å². The Bertz CT molecular complexity index is 1100. The van der Waals surface area contributed by atoms with E-state index in [1.807, 2.05) is 24.3 Å². The topological polar surface area (TPSA) is 34.1 Å². The minimum absolute atomic E-state index is 0.00120. The molecule has 0 unspecified atom stereocenters. The van der Waals surface area contributed by atoms with Crippen molar-refractivity contribution in [3.8, 4) is 0 Å². The fourth-order valence-electron chi connectivity index (χ4n) is 6.47. The van der Waals surface area contributed by atoms with E-state index in [1.165, 1.54) is 0 Å². The van der Waals surface area contributed by atoms with Crippen LogP contribution in [-0.4, -0.2) is 31.1 Å². The van der Waals surface area contributed by atoms with Crippen molar-refractivity contribution in [1.82, 2.24) is 0 Å². The Morgan fingerprint density at radius 3 is 1.20 bits per heavy atom. The van der Waals surface area contributed by atoms with Crippen LogP contribution in [0.5, 0.6) is 0 Å². The van der Waals surface area contributed by atoms with Gasteiger partial charge in [0.05, 0.1) is 20.1 Å². The van der Waals surface area contributed by atoms with E-state index >= 15 is 0 Å². The smallest absolute Gasteiger partial charge is 0.186 e. The number of ketones is 2. The lowest BCUT2D eigenvalue weighted by molar-refractivity contribution is -0.121. The zero-order valence-electron chi connectivity index (χ0n) is 14.5. The van der Waals surface area contributed by atoms with Crippen molar-refractivity contribution in [1.29, 1.82) is 0 Å². The number of hydrogen-bond donors (Lipinski definition) is 0. The Kier molecular flexibility index (Phi) is 3.98. The molecular weight excluding hydrogens is 556 g/mol. The lowest BCUT2D eigenvalue weighted by Crippen LogP contribution is -2.52. The van der Waals surface area contributed by atoms with Gasteiger partial charge in [0.1, 0.15) is 19.5 Å². The fraction of sp³-hybridized carbons (Fsp3) is 0.400. The van der Waals surface area contributed by atoms with Crippen molar-refractivity contribution in [3.63, 3.8) is 0 Å². The summed E-state index contributed by atoms with van der Waals surface area (Å²) in [5.41, 5.74) is 1.44. The summed E-state index contributed by atoms with van der Waals surface area (Å²) in [4.78, 5) is 20.2. The molecule has 5 aliphatic rings. The maximum absolute atomic E-state index is 13.5. The first-order chi connectivity index (χ1) is 13.9. The van der Waals surface area contributed by atoms with E-state index in [0.717, 1.165) is 11.1 Å². The number of hydrogen-bond acceptors (Lipinski definition) is 2. The molecule has 0 N–H and O–H groups in total. The van der Waals surface area contributed by atoms with E-state index in [0.29, 0.717) is 0 Å². The van der Waals surface area contributed by atoms with Gasteiger partial charge in [0.2, 0.25) is 0 Å². The number of Topliss-reactive ketones (excluding diaryl/α,β-unsaturated/α-hetero) is 2. The Morgan fingerprint density at radius 2 is 0.867 bits per heavy atom. The van der Waals surface area contributed by atoms with Crippen LogP contribution < -0.4 is 0 Å². The van der Waals surface area contributed by atoms with E-state index in [9.17, 15) is 9.59 Å². The third-order valence-corrected chi connectivity index (χ3v) is 12.5. The zero-order valence-corrected chi connectivity index (χ0v) is 20.5. The summed E-state index contributed by atoms with van der Waals surface area (Å²) in [7, 11) is 0. The number of benzene rings is 1. The zero-order chi connectivity index (χ0) is 21.8. The molecular formula is C20H8Cl8O2. The van der Waals surface area contributed by atoms with Crippen molar-refractivity contribution in [3.05, 3.63) is 55.5 Å². The minimum Gasteiger partial charge on any atom is -0.295 e. The van der Waals surface area contributed by atoms with Gasteiger partial charge in [-0.25, -0.2) is 0 Å². The predicted molar refractivity (Wildman–Crippen MR) is 121 cm³/mol. The molecule has 0 aromatic heterocycles. The lowest BCUT2D eigenvalue weighted by Gasteiger charge is -2.51. The third-order valence-electron chi connectivity index (χ3n) is 7.53. The molecule has 2 saturated carbocycles. The van der Waals surface area contributed by atoms with Gasteiger partial charge in [-0.05, 0) is 11.1 Å². The van der Waals surface area contributed by atoms with Crippen LogP contribution in [0.1, 0.15) is 23.0 Å². The van der Waals surface area contributed by atoms with Crippen LogP contribution in [0.2, 0.25) is 0 Å². The Balaban J connectivity index is 1.76. The first kappa shape index (κ1) is 20.9. The van der Waals surface area contributed by atoms with Crippen molar-refractivity contribution in [2.45, 2.75) is 31.3 Å². The molecule has 1 aromatic rings. The average molecular weight is 564 g/mol. The highest BCUT2D eigenvalue weighted by Crippen LogP contribution is 2.80. The maximum atomic E-state index is 13.5. The summed E-state index contributed by atoms with van der Waals surface area (Å²) in [6, 6.07) is 7.28. The van der Waals surface area contributed by atoms with Gasteiger partial charge in [0, 0.05) is 23.7 Å². The van der Waals surface area contributed by atoms with E-state index in [-0.39, 0.29) is 20.1 Å². The van der Waals surface area contributed by atoms with Gasteiger partial charge in [-0.1, -0.05) is 70.7 Å². The molecule has 30 heavy (non-hydrogen) atoms. The fourth-order valence-corrected chi connectivity index (χ4v) is 10.2. The molecule has 8 atom stereocenters. The van der Waals surface area contributed by atoms with Crippen LogP contribution in [0, 0.1) is 11.8 Å². The molecule has 0 spiro atoms. The van der Waals surface area contributed by atoms with Crippen LogP contribution >= 0.6 is 92.8 Å². The Morgan fingerprint density at radius 1 is 0.567 bits per heavy atom. The molecule has 2 nitrogen and oxygen atoms in total. The molecule has 6 rings (SSSR count). The van der Waals surface area contributed by atoms with Crippen molar-refractivity contribution < 1.29 is 9.59 Å². The van der Waals surface area contributed by atoms with Crippen molar-refractivity contribution >= 4 is 104 Å². The van der Waals surface area contributed by atoms with E-state index in [4.69, 9.17) is 92.8 Å². The number of rotatable bonds is 0. The van der Waals surface area contributed by atoms with Gasteiger partial charge in [-0.3, -0.25) is 9.59 Å². The molecule has 10 heteroatoms. The second-order valence-corrected chi connectivity index (χ2v) is 12.3. The van der Waals surface area contributed by atoms with Crippen LogP contribution in [0.3, 0.4) is 0 Å². The Hall–Kier alpha value is 0.360. The molecule has 1 aromatic carbocycles. The van der Waals surface area contributed by atoms with Gasteiger partial charge in [0.25, 0.3) is 0 Å². The molecule has 0 saturated heterocycles. The monoisotopic (exact) mass is 560 g/mol. The normalized spacial score (nSPS) is 50.4. The quantitative estimate of drug-likeness (QED) is 0.334. The standard InChI is InChI=1S/C20H8Cl8O2/c21-11-13(23)19(27)9-7(17(11,25)15(19)29)5-3-1-2-4-6(5)8-10(9)20(28)14(24)12(22)18(8,26)16(20)30/h1-4,7-10H/t7-,8-,9-,10-,17-,18-,19+,20+/m0/s1. The van der Waals surface area contributed by atoms with Crippen molar-refractivity contribution in [2.24, 2.45) is 11.8 Å². The third kappa shape index (κ3) is 1.71. The summed E-state index contributed by atoms with van der Waals surface area (Å²) in [5.74, 6) is -3.90. The molecule has 0 amide bonds. The van der Waals surface area contributed by atoms with Gasteiger partial charge in [-0.2, -0.15) is 0 Å². The minimum atomic E-state index is -1.74. The first-order valence-corrected chi connectivity index (χ1v) is 12.0. The highest BCUT2D eigenvalue weighted by Gasteiger charge is 2.86. The second kappa shape index (κ2) is 5.70. The second-order valence-electron chi connectivity index (χ2n) is 8.40. The van der Waals surface area contributed by atoms with Gasteiger partial charge in [-0.15, -0.1) is 46.4 Å². The largest absolute Gasteiger partial charge is 0.295 e. The lowest BCUT2D eigenvalue weighted by atomic mass is 9.57. The molecule has 5 aliphatic carbocycles. The SMILES string of the molecule is O=C1[C@]2(Cl)C(Cl)=C(Cl)[C@@]1(Cl)[C@H]1c3ccccc3[C@H]3[C@@H]([C@H]12)[C@]1(Cl)C(=O)[C@@]3(Cl)C(Cl)=C1Cl. The van der Waals surface area contributed by atoms with Crippen LogP contribution in [-0.2, 0) is 9.59 Å².